The third kappa shape index (κ3) is 4.47. The number of carbonyl (C=O) groups is 2. The number of piperazine rings is 1. The molecule has 2 amide bonds. The number of amides is 2. The van der Waals surface area contributed by atoms with Crippen LogP contribution in [0.3, 0.4) is 0 Å². The summed E-state index contributed by atoms with van der Waals surface area (Å²) in [5.41, 5.74) is 0.994. The maximum atomic E-state index is 12.1. The Hall–Kier alpha value is -2.08. The predicted octanol–water partition coefficient (Wildman–Crippen LogP) is 1.56. The van der Waals surface area contributed by atoms with E-state index < -0.39 is 0 Å². The van der Waals surface area contributed by atoms with E-state index in [9.17, 15) is 9.59 Å². The molecule has 0 bridgehead atoms. The quantitative estimate of drug-likeness (QED) is 0.822. The van der Waals surface area contributed by atoms with Crippen LogP contribution in [-0.4, -0.2) is 72.5 Å². The molecule has 2 heterocycles. The fourth-order valence-corrected chi connectivity index (χ4v) is 2.94. The average Bonchev–Trinajstić information content (AvgIpc) is 2.58. The predicted molar refractivity (Wildman–Crippen MR) is 90.5 cm³/mol. The summed E-state index contributed by atoms with van der Waals surface area (Å²) in [4.78, 5) is 29.9. The Labute approximate surface area is 143 Å². The van der Waals surface area contributed by atoms with Crippen LogP contribution in [0.2, 0.25) is 0 Å². The van der Waals surface area contributed by atoms with Crippen molar-refractivity contribution in [3.05, 3.63) is 35.9 Å². The minimum atomic E-state index is -0.254. The Bertz CT molecular complexity index is 552. The van der Waals surface area contributed by atoms with Crippen LogP contribution in [0, 0.1) is 0 Å². The van der Waals surface area contributed by atoms with Gasteiger partial charge in [0.1, 0.15) is 6.61 Å². The zero-order valence-electron chi connectivity index (χ0n) is 14.0. The number of ether oxygens (including phenoxy) is 1. The lowest BCUT2D eigenvalue weighted by molar-refractivity contribution is -0.135. The molecule has 3 rings (SSSR count). The van der Waals surface area contributed by atoms with Crippen LogP contribution in [-0.2, 0) is 16.1 Å². The van der Waals surface area contributed by atoms with Gasteiger partial charge in [0.25, 0.3) is 0 Å². The maximum absolute atomic E-state index is 12.1. The Morgan fingerprint density at radius 1 is 0.917 bits per heavy atom. The van der Waals surface area contributed by atoms with Gasteiger partial charge in [-0.05, 0) is 12.0 Å². The van der Waals surface area contributed by atoms with Gasteiger partial charge in [0.05, 0.1) is 0 Å². The van der Waals surface area contributed by atoms with Crippen molar-refractivity contribution in [2.45, 2.75) is 19.4 Å². The maximum Gasteiger partial charge on any atom is 0.410 e. The summed E-state index contributed by atoms with van der Waals surface area (Å²) >= 11 is 0. The van der Waals surface area contributed by atoms with Crippen molar-refractivity contribution in [1.29, 1.82) is 0 Å². The van der Waals surface area contributed by atoms with E-state index in [1.807, 2.05) is 35.2 Å². The molecule has 0 radical (unpaired) electrons. The first-order chi connectivity index (χ1) is 11.7. The summed E-state index contributed by atoms with van der Waals surface area (Å²) in [7, 11) is 0. The van der Waals surface area contributed by atoms with Crippen molar-refractivity contribution in [2.24, 2.45) is 0 Å². The van der Waals surface area contributed by atoms with E-state index in [-0.39, 0.29) is 12.0 Å². The number of hydrogen-bond donors (Lipinski definition) is 0. The van der Waals surface area contributed by atoms with Crippen molar-refractivity contribution in [2.75, 3.05) is 45.8 Å². The van der Waals surface area contributed by atoms with E-state index in [4.69, 9.17) is 4.74 Å². The van der Waals surface area contributed by atoms with Crippen LogP contribution < -0.4 is 0 Å². The van der Waals surface area contributed by atoms with E-state index in [1.165, 1.54) is 0 Å². The molecule has 0 spiro atoms. The van der Waals surface area contributed by atoms with Crippen molar-refractivity contribution in [1.82, 2.24) is 14.7 Å². The summed E-state index contributed by atoms with van der Waals surface area (Å²) in [6.07, 6.45) is 1.46. The molecule has 6 nitrogen and oxygen atoms in total. The first-order valence-corrected chi connectivity index (χ1v) is 8.68. The Morgan fingerprint density at radius 3 is 2.25 bits per heavy atom. The monoisotopic (exact) mass is 331 g/mol. The molecular formula is C18H25N3O3. The number of nitrogens with zero attached hydrogens (tertiary/aromatic N) is 3. The summed E-state index contributed by atoms with van der Waals surface area (Å²) < 4.78 is 5.36. The molecule has 0 aliphatic carbocycles. The fourth-order valence-electron chi connectivity index (χ4n) is 2.94. The summed E-state index contributed by atoms with van der Waals surface area (Å²) in [6, 6.07) is 9.70. The number of hydrogen-bond acceptors (Lipinski definition) is 4. The standard InChI is InChI=1S/C18H25N3O3/c22-17(20-8-4-9-20)7-10-19-11-13-21(14-12-19)18(23)24-15-16-5-2-1-3-6-16/h1-3,5-6H,4,7-15H2. The molecule has 0 unspecified atom stereocenters. The first kappa shape index (κ1) is 16.8. The number of carbonyl (C=O) groups excluding carboxylic acids is 2. The summed E-state index contributed by atoms with van der Waals surface area (Å²) in [5, 5.41) is 0. The third-order valence-corrected chi connectivity index (χ3v) is 4.69. The molecule has 1 aromatic rings. The molecule has 130 valence electrons. The van der Waals surface area contributed by atoms with Gasteiger partial charge in [-0.3, -0.25) is 9.69 Å². The second-order valence-corrected chi connectivity index (χ2v) is 6.35. The Morgan fingerprint density at radius 2 is 1.62 bits per heavy atom. The molecule has 1 aromatic carbocycles. The van der Waals surface area contributed by atoms with Crippen LogP contribution in [0.4, 0.5) is 4.79 Å². The number of benzene rings is 1. The Balaban J connectivity index is 1.33. The molecular weight excluding hydrogens is 306 g/mol. The van der Waals surface area contributed by atoms with E-state index in [2.05, 4.69) is 4.90 Å². The van der Waals surface area contributed by atoms with Gasteiger partial charge in [0.15, 0.2) is 0 Å². The third-order valence-electron chi connectivity index (χ3n) is 4.69. The normalized spacial score (nSPS) is 18.2. The Kier molecular flexibility index (Phi) is 5.69. The van der Waals surface area contributed by atoms with Gasteiger partial charge in [0.2, 0.25) is 5.91 Å². The molecule has 6 heteroatoms. The van der Waals surface area contributed by atoms with Crippen molar-refractivity contribution >= 4 is 12.0 Å². The minimum Gasteiger partial charge on any atom is -0.445 e. The smallest absolute Gasteiger partial charge is 0.410 e. The molecule has 0 N–H and O–H groups in total. The summed E-state index contributed by atoms with van der Waals surface area (Å²) in [6.45, 7) is 5.84. The van der Waals surface area contributed by atoms with Gasteiger partial charge < -0.3 is 14.5 Å². The second-order valence-electron chi connectivity index (χ2n) is 6.35. The average molecular weight is 331 g/mol. The number of likely N-dealkylation sites (tertiary alicyclic amines) is 1. The molecule has 2 aliphatic rings. The lowest BCUT2D eigenvalue weighted by Crippen LogP contribution is -2.50. The summed E-state index contributed by atoms with van der Waals surface area (Å²) in [5.74, 6) is 0.256. The molecule has 0 atom stereocenters. The highest BCUT2D eigenvalue weighted by Gasteiger charge is 2.24. The lowest BCUT2D eigenvalue weighted by Gasteiger charge is -2.35. The minimum absolute atomic E-state index is 0.254. The van der Waals surface area contributed by atoms with Gasteiger partial charge >= 0.3 is 6.09 Å². The molecule has 2 fully saturated rings. The zero-order chi connectivity index (χ0) is 16.8. The van der Waals surface area contributed by atoms with Crippen LogP contribution >= 0.6 is 0 Å². The lowest BCUT2D eigenvalue weighted by atomic mass is 10.2. The SMILES string of the molecule is O=C(CCN1CCN(C(=O)OCc2ccccc2)CC1)N1CCC1. The highest BCUT2D eigenvalue weighted by molar-refractivity contribution is 5.77. The number of rotatable bonds is 5. The van der Waals surface area contributed by atoms with E-state index in [1.54, 1.807) is 4.90 Å². The molecule has 0 saturated carbocycles. The van der Waals surface area contributed by atoms with Gasteiger partial charge in [-0.1, -0.05) is 30.3 Å². The van der Waals surface area contributed by atoms with E-state index in [0.29, 0.717) is 26.1 Å². The molecule has 24 heavy (non-hydrogen) atoms. The molecule has 0 aromatic heterocycles. The van der Waals surface area contributed by atoms with E-state index >= 15 is 0 Å². The van der Waals surface area contributed by atoms with Crippen LogP contribution in [0.5, 0.6) is 0 Å². The van der Waals surface area contributed by atoms with Crippen molar-refractivity contribution in [3.8, 4) is 0 Å². The largest absolute Gasteiger partial charge is 0.445 e. The van der Waals surface area contributed by atoms with Gasteiger partial charge in [-0.25, -0.2) is 4.79 Å². The zero-order valence-corrected chi connectivity index (χ0v) is 14.0. The van der Waals surface area contributed by atoms with Crippen molar-refractivity contribution < 1.29 is 14.3 Å². The fraction of sp³-hybridized carbons (Fsp3) is 0.556. The topological polar surface area (TPSA) is 53.1 Å². The van der Waals surface area contributed by atoms with Gasteiger partial charge in [0, 0.05) is 52.2 Å². The second kappa shape index (κ2) is 8.15. The van der Waals surface area contributed by atoms with Crippen LogP contribution in [0.1, 0.15) is 18.4 Å². The first-order valence-electron chi connectivity index (χ1n) is 8.68. The molecule has 2 saturated heterocycles. The highest BCUT2D eigenvalue weighted by atomic mass is 16.6. The highest BCUT2D eigenvalue weighted by Crippen LogP contribution is 2.10. The van der Waals surface area contributed by atoms with E-state index in [0.717, 1.165) is 44.7 Å². The van der Waals surface area contributed by atoms with Crippen LogP contribution in [0.25, 0.3) is 0 Å². The van der Waals surface area contributed by atoms with Gasteiger partial charge in [-0.2, -0.15) is 0 Å². The van der Waals surface area contributed by atoms with Crippen molar-refractivity contribution in [3.63, 3.8) is 0 Å². The molecule has 2 aliphatic heterocycles. The van der Waals surface area contributed by atoms with Crippen LogP contribution in [0.15, 0.2) is 30.3 Å². The van der Waals surface area contributed by atoms with Gasteiger partial charge in [-0.15, -0.1) is 0 Å².